The summed E-state index contributed by atoms with van der Waals surface area (Å²) in [6.07, 6.45) is 0. The minimum Gasteiger partial charge on any atom is -0.493 e. The van der Waals surface area contributed by atoms with Crippen molar-refractivity contribution in [3.05, 3.63) is 59.7 Å². The van der Waals surface area contributed by atoms with Gasteiger partial charge in [-0.1, -0.05) is 36.4 Å². The first-order chi connectivity index (χ1) is 10.9. The number of hydrogen-bond donors (Lipinski definition) is 1. The molecule has 1 fully saturated rings. The van der Waals surface area contributed by atoms with Crippen LogP contribution in [0.1, 0.15) is 17.2 Å². The number of methoxy groups -OCH3 is 1. The van der Waals surface area contributed by atoms with E-state index in [0.29, 0.717) is 13.2 Å². The van der Waals surface area contributed by atoms with Crippen molar-refractivity contribution in [2.45, 2.75) is 12.6 Å². The van der Waals surface area contributed by atoms with Crippen LogP contribution < -0.4 is 14.8 Å². The number of halogens is 1. The maximum Gasteiger partial charge on any atom is 0.161 e. The molecule has 1 aliphatic rings. The fraction of sp³-hybridized carbons (Fsp3) is 0.333. The van der Waals surface area contributed by atoms with Crippen molar-refractivity contribution in [2.24, 2.45) is 0 Å². The van der Waals surface area contributed by atoms with Crippen molar-refractivity contribution in [1.29, 1.82) is 0 Å². The Kier molecular flexibility index (Phi) is 6.71. The predicted molar refractivity (Wildman–Crippen MR) is 92.6 cm³/mol. The normalized spacial score (nSPS) is 17.2. The first kappa shape index (κ1) is 17.6. The molecule has 0 unspecified atom stereocenters. The average molecular weight is 336 g/mol. The Hall–Kier alpha value is -1.75. The summed E-state index contributed by atoms with van der Waals surface area (Å²) in [4.78, 5) is 0. The van der Waals surface area contributed by atoms with Gasteiger partial charge in [0.1, 0.15) is 6.61 Å². The highest BCUT2D eigenvalue weighted by Gasteiger charge is 2.17. The number of rotatable bonds is 5. The molecule has 0 radical (unpaired) electrons. The van der Waals surface area contributed by atoms with Crippen LogP contribution in [0.2, 0.25) is 0 Å². The Bertz CT molecular complexity index is 600. The van der Waals surface area contributed by atoms with Crippen LogP contribution in [-0.2, 0) is 11.3 Å². The largest absolute Gasteiger partial charge is 0.493 e. The third-order valence-electron chi connectivity index (χ3n) is 3.75. The summed E-state index contributed by atoms with van der Waals surface area (Å²) in [5.41, 5.74) is 2.29. The standard InChI is InChI=1S/C18H21NO3.ClH/c1-20-18-11-15(16-13-21-10-9-19-16)7-8-17(18)22-12-14-5-3-2-4-6-14;/h2-8,11,16,19H,9-10,12-13H2,1H3;1H/t16-;/m1./s1. The zero-order valence-electron chi connectivity index (χ0n) is 13.2. The van der Waals surface area contributed by atoms with Crippen molar-refractivity contribution in [1.82, 2.24) is 5.32 Å². The molecule has 3 rings (SSSR count). The third kappa shape index (κ3) is 4.61. The van der Waals surface area contributed by atoms with Crippen LogP contribution in [-0.4, -0.2) is 26.9 Å². The second-order valence-corrected chi connectivity index (χ2v) is 5.27. The molecular formula is C18H22ClNO3. The topological polar surface area (TPSA) is 39.7 Å². The second-order valence-electron chi connectivity index (χ2n) is 5.27. The molecule has 0 aliphatic carbocycles. The molecule has 1 heterocycles. The summed E-state index contributed by atoms with van der Waals surface area (Å²) < 4.78 is 16.9. The van der Waals surface area contributed by atoms with Crippen LogP contribution in [0.4, 0.5) is 0 Å². The highest BCUT2D eigenvalue weighted by atomic mass is 35.5. The Morgan fingerprint density at radius 2 is 1.96 bits per heavy atom. The first-order valence-electron chi connectivity index (χ1n) is 7.52. The molecule has 0 aromatic heterocycles. The van der Waals surface area contributed by atoms with Crippen LogP contribution in [0.15, 0.2) is 48.5 Å². The number of ether oxygens (including phenoxy) is 3. The van der Waals surface area contributed by atoms with Crippen molar-refractivity contribution in [2.75, 3.05) is 26.9 Å². The smallest absolute Gasteiger partial charge is 0.161 e. The van der Waals surface area contributed by atoms with Gasteiger partial charge in [-0.05, 0) is 23.3 Å². The fourth-order valence-electron chi connectivity index (χ4n) is 2.53. The summed E-state index contributed by atoms with van der Waals surface area (Å²) in [7, 11) is 1.67. The van der Waals surface area contributed by atoms with Crippen LogP contribution >= 0.6 is 12.4 Å². The van der Waals surface area contributed by atoms with Crippen molar-refractivity contribution >= 4 is 12.4 Å². The average Bonchev–Trinajstić information content (AvgIpc) is 2.61. The van der Waals surface area contributed by atoms with Crippen LogP contribution in [0.5, 0.6) is 11.5 Å². The number of benzene rings is 2. The third-order valence-corrected chi connectivity index (χ3v) is 3.75. The lowest BCUT2D eigenvalue weighted by Crippen LogP contribution is -2.34. The van der Waals surface area contributed by atoms with E-state index in [0.717, 1.165) is 35.8 Å². The van der Waals surface area contributed by atoms with Gasteiger partial charge in [-0.15, -0.1) is 12.4 Å². The molecule has 124 valence electrons. The molecular weight excluding hydrogens is 314 g/mol. The van der Waals surface area contributed by atoms with Crippen molar-refractivity contribution in [3.8, 4) is 11.5 Å². The van der Waals surface area contributed by atoms with E-state index < -0.39 is 0 Å². The van der Waals surface area contributed by atoms with E-state index in [2.05, 4.69) is 11.4 Å². The maximum atomic E-state index is 5.88. The zero-order valence-corrected chi connectivity index (χ0v) is 14.0. The molecule has 1 saturated heterocycles. The van der Waals surface area contributed by atoms with Gasteiger partial charge in [0.15, 0.2) is 11.5 Å². The number of morpholine rings is 1. The van der Waals surface area contributed by atoms with Gasteiger partial charge in [0.25, 0.3) is 0 Å². The summed E-state index contributed by atoms with van der Waals surface area (Å²) in [6, 6.07) is 16.4. The van der Waals surface area contributed by atoms with E-state index in [1.54, 1.807) is 7.11 Å². The molecule has 2 aromatic rings. The SMILES string of the molecule is COc1cc([C@H]2COCCN2)ccc1OCc1ccccc1.Cl. The van der Waals surface area contributed by atoms with E-state index in [-0.39, 0.29) is 18.4 Å². The van der Waals surface area contributed by atoms with Gasteiger partial charge in [-0.25, -0.2) is 0 Å². The van der Waals surface area contributed by atoms with Gasteiger partial charge in [0, 0.05) is 6.54 Å². The molecule has 0 bridgehead atoms. The monoisotopic (exact) mass is 335 g/mol. The van der Waals surface area contributed by atoms with Gasteiger partial charge in [-0.3, -0.25) is 0 Å². The predicted octanol–water partition coefficient (Wildman–Crippen LogP) is 3.36. The minimum atomic E-state index is 0. The van der Waals surface area contributed by atoms with E-state index in [4.69, 9.17) is 14.2 Å². The summed E-state index contributed by atoms with van der Waals surface area (Å²) in [6.45, 7) is 2.86. The van der Waals surface area contributed by atoms with Gasteiger partial charge in [-0.2, -0.15) is 0 Å². The lowest BCUT2D eigenvalue weighted by Gasteiger charge is -2.24. The molecule has 2 aromatic carbocycles. The molecule has 1 N–H and O–H groups in total. The van der Waals surface area contributed by atoms with E-state index >= 15 is 0 Å². The van der Waals surface area contributed by atoms with E-state index in [9.17, 15) is 0 Å². The number of hydrogen-bond acceptors (Lipinski definition) is 4. The van der Waals surface area contributed by atoms with Crippen molar-refractivity contribution in [3.63, 3.8) is 0 Å². The molecule has 0 amide bonds. The Balaban J connectivity index is 0.00000192. The van der Waals surface area contributed by atoms with Gasteiger partial charge in [0.05, 0.1) is 26.4 Å². The highest BCUT2D eigenvalue weighted by Crippen LogP contribution is 2.31. The molecule has 1 atom stereocenters. The maximum absolute atomic E-state index is 5.88. The Morgan fingerprint density at radius 1 is 1.13 bits per heavy atom. The minimum absolute atomic E-state index is 0. The molecule has 0 spiro atoms. The quantitative estimate of drug-likeness (QED) is 0.909. The summed E-state index contributed by atoms with van der Waals surface area (Å²) in [5.74, 6) is 1.51. The van der Waals surface area contributed by atoms with E-state index in [1.165, 1.54) is 0 Å². The van der Waals surface area contributed by atoms with Crippen LogP contribution in [0.3, 0.4) is 0 Å². The zero-order chi connectivity index (χ0) is 15.2. The lowest BCUT2D eigenvalue weighted by atomic mass is 10.1. The van der Waals surface area contributed by atoms with Crippen molar-refractivity contribution < 1.29 is 14.2 Å². The van der Waals surface area contributed by atoms with Gasteiger partial charge < -0.3 is 19.5 Å². The Labute approximate surface area is 143 Å². The van der Waals surface area contributed by atoms with Crippen LogP contribution in [0, 0.1) is 0 Å². The molecule has 1 aliphatic heterocycles. The molecule has 23 heavy (non-hydrogen) atoms. The van der Waals surface area contributed by atoms with Gasteiger partial charge in [0.2, 0.25) is 0 Å². The molecule has 0 saturated carbocycles. The lowest BCUT2D eigenvalue weighted by molar-refractivity contribution is 0.0768. The molecule has 4 nitrogen and oxygen atoms in total. The Morgan fingerprint density at radius 3 is 2.65 bits per heavy atom. The van der Waals surface area contributed by atoms with Gasteiger partial charge >= 0.3 is 0 Å². The summed E-state index contributed by atoms with van der Waals surface area (Å²) >= 11 is 0. The first-order valence-corrected chi connectivity index (χ1v) is 7.52. The summed E-state index contributed by atoms with van der Waals surface area (Å²) in [5, 5.41) is 3.44. The number of nitrogens with one attached hydrogen (secondary N) is 1. The van der Waals surface area contributed by atoms with Crippen LogP contribution in [0.25, 0.3) is 0 Å². The second kappa shape index (κ2) is 8.77. The highest BCUT2D eigenvalue weighted by molar-refractivity contribution is 5.85. The van der Waals surface area contributed by atoms with E-state index in [1.807, 2.05) is 42.5 Å². The molecule has 5 heteroatoms. The fourth-order valence-corrected chi connectivity index (χ4v) is 2.53.